The fourth-order valence-electron chi connectivity index (χ4n) is 6.67. The number of pyridine rings is 1. The number of carbonyl (C=O) groups excluding carboxylic acids is 1. The molecular weight excluding hydrogens is 378 g/mol. The number of aromatic nitrogens is 3. The van der Waals surface area contributed by atoms with Gasteiger partial charge in [0.1, 0.15) is 6.10 Å². The van der Waals surface area contributed by atoms with E-state index in [4.69, 9.17) is 4.74 Å². The van der Waals surface area contributed by atoms with Gasteiger partial charge in [0.25, 0.3) is 0 Å². The summed E-state index contributed by atoms with van der Waals surface area (Å²) < 4.78 is 5.78. The fourth-order valence-corrected chi connectivity index (χ4v) is 6.67. The summed E-state index contributed by atoms with van der Waals surface area (Å²) in [6, 6.07) is 6.21. The Morgan fingerprint density at radius 2 is 2.07 bits per heavy atom. The van der Waals surface area contributed by atoms with Crippen LogP contribution in [0.25, 0.3) is 0 Å². The maximum Gasteiger partial charge on any atom is 0.407 e. The highest BCUT2D eigenvalue weighted by atomic mass is 16.6. The molecule has 0 aromatic carbocycles. The van der Waals surface area contributed by atoms with Gasteiger partial charge in [-0.2, -0.15) is 5.10 Å². The van der Waals surface area contributed by atoms with Crippen molar-refractivity contribution in [1.82, 2.24) is 20.5 Å². The lowest BCUT2D eigenvalue weighted by Gasteiger charge is -2.71. The van der Waals surface area contributed by atoms with Gasteiger partial charge in [-0.05, 0) is 74.8 Å². The van der Waals surface area contributed by atoms with Gasteiger partial charge in [-0.15, -0.1) is 0 Å². The van der Waals surface area contributed by atoms with Crippen LogP contribution in [-0.4, -0.2) is 32.9 Å². The molecule has 5 heterocycles. The van der Waals surface area contributed by atoms with Crippen molar-refractivity contribution in [2.24, 2.45) is 11.3 Å². The lowest BCUT2D eigenvalue weighted by Crippen LogP contribution is -2.75. The van der Waals surface area contributed by atoms with E-state index in [0.717, 1.165) is 67.8 Å². The molecule has 7 aliphatic rings. The summed E-state index contributed by atoms with van der Waals surface area (Å²) in [6.45, 7) is 2.32. The average molecular weight is 408 g/mol. The maximum atomic E-state index is 12.5. The van der Waals surface area contributed by atoms with Crippen LogP contribution in [0.5, 0.6) is 0 Å². The molecule has 3 N–H and O–H groups in total. The van der Waals surface area contributed by atoms with Crippen molar-refractivity contribution in [2.45, 2.75) is 75.9 Å². The number of nitrogens with zero attached hydrogens (tertiary/aromatic N) is 2. The Morgan fingerprint density at radius 1 is 1.20 bits per heavy atom. The minimum Gasteiger partial charge on any atom is -0.446 e. The van der Waals surface area contributed by atoms with Gasteiger partial charge in [0.15, 0.2) is 5.82 Å². The minimum absolute atomic E-state index is 0.00189. The van der Waals surface area contributed by atoms with Gasteiger partial charge in [0, 0.05) is 40.8 Å². The van der Waals surface area contributed by atoms with Gasteiger partial charge >= 0.3 is 6.09 Å². The Balaban J connectivity index is 1.25. The zero-order valence-electron chi connectivity index (χ0n) is 17.4. The Kier molecular flexibility index (Phi) is 3.92. The molecule has 3 atom stereocenters. The largest absolute Gasteiger partial charge is 0.446 e. The van der Waals surface area contributed by atoms with E-state index in [2.05, 4.69) is 44.9 Å². The van der Waals surface area contributed by atoms with Gasteiger partial charge in [0.05, 0.1) is 0 Å². The second-order valence-electron chi connectivity index (χ2n) is 10.4. The van der Waals surface area contributed by atoms with Crippen LogP contribution in [0.2, 0.25) is 0 Å². The van der Waals surface area contributed by atoms with Crippen molar-refractivity contribution in [3.8, 4) is 0 Å². The van der Waals surface area contributed by atoms with Crippen molar-refractivity contribution < 1.29 is 9.53 Å². The van der Waals surface area contributed by atoms with E-state index in [1.54, 1.807) is 0 Å². The van der Waals surface area contributed by atoms with E-state index in [0.29, 0.717) is 17.3 Å². The standard InChI is InChI=1S/C23H29N5O2/c1-14-6-17-8-16(4-5-24-17)25-20-9-19(27-28-20)15-2-3-18(7-15)30-21(29)26-23-11-22(10-14,12-23)13-23/h4-5,8-9,14-15,18H,2-3,6-7,10-13H2,1H3,(H,26,29)(H2,25,27,28)/t14-,15-,18+,22?,23?/m0/s1. The van der Waals surface area contributed by atoms with Crippen molar-refractivity contribution in [3.05, 3.63) is 35.8 Å². The van der Waals surface area contributed by atoms with Gasteiger partial charge in [-0.25, -0.2) is 4.79 Å². The fraction of sp³-hybridized carbons (Fsp3) is 0.609. The van der Waals surface area contributed by atoms with E-state index in [1.165, 1.54) is 6.42 Å². The lowest BCUT2D eigenvalue weighted by atomic mass is 9.37. The highest BCUT2D eigenvalue weighted by Gasteiger charge is 2.68. The van der Waals surface area contributed by atoms with E-state index in [9.17, 15) is 4.79 Å². The molecule has 7 heteroatoms. The van der Waals surface area contributed by atoms with Crippen LogP contribution < -0.4 is 10.6 Å². The zero-order valence-corrected chi connectivity index (χ0v) is 17.4. The van der Waals surface area contributed by atoms with Crippen LogP contribution in [0, 0.1) is 11.3 Å². The smallest absolute Gasteiger partial charge is 0.407 e. The number of aromatic amines is 1. The van der Waals surface area contributed by atoms with Gasteiger partial charge < -0.3 is 15.4 Å². The third-order valence-electron chi connectivity index (χ3n) is 7.63. The van der Waals surface area contributed by atoms with Crippen LogP contribution in [0.3, 0.4) is 0 Å². The minimum atomic E-state index is -0.230. The first-order chi connectivity index (χ1) is 14.5. The summed E-state index contributed by atoms with van der Waals surface area (Å²) >= 11 is 0. The summed E-state index contributed by atoms with van der Waals surface area (Å²) in [5.41, 5.74) is 3.65. The number of hydrogen-bond acceptors (Lipinski definition) is 5. The molecule has 4 fully saturated rings. The molecule has 2 aromatic rings. The molecule has 0 radical (unpaired) electrons. The van der Waals surface area contributed by atoms with Gasteiger partial charge in [0.2, 0.25) is 0 Å². The van der Waals surface area contributed by atoms with E-state index in [1.807, 2.05) is 12.3 Å². The van der Waals surface area contributed by atoms with Crippen LogP contribution in [0.4, 0.5) is 16.3 Å². The second kappa shape index (κ2) is 6.46. The Morgan fingerprint density at radius 3 is 2.93 bits per heavy atom. The van der Waals surface area contributed by atoms with E-state index >= 15 is 0 Å². The molecule has 2 aromatic heterocycles. The Bertz CT molecular complexity index is 966. The normalized spacial score (nSPS) is 37.2. The SMILES string of the molecule is C[C@H]1Cc2cc(ccn2)Nc2cc([nH]n2)[C@H]2CC[C@H](C2)OC(=O)NC23CC(C1)(C2)C3. The first-order valence-electron chi connectivity index (χ1n) is 11.2. The van der Waals surface area contributed by atoms with Gasteiger partial charge in [-0.3, -0.25) is 10.1 Å². The quantitative estimate of drug-likeness (QED) is 0.601. The first kappa shape index (κ1) is 18.2. The summed E-state index contributed by atoms with van der Waals surface area (Å²) in [5.74, 6) is 1.72. The molecule has 158 valence electrons. The van der Waals surface area contributed by atoms with E-state index < -0.39 is 0 Å². The Labute approximate surface area is 176 Å². The summed E-state index contributed by atoms with van der Waals surface area (Å²) in [5, 5.41) is 14.2. The van der Waals surface area contributed by atoms with Crippen LogP contribution in [0.15, 0.2) is 24.4 Å². The molecule has 3 aliphatic heterocycles. The number of amides is 1. The van der Waals surface area contributed by atoms with Crippen molar-refractivity contribution in [3.63, 3.8) is 0 Å². The average Bonchev–Trinajstić information content (AvgIpc) is 3.28. The maximum absolute atomic E-state index is 12.5. The van der Waals surface area contributed by atoms with Crippen molar-refractivity contribution >= 4 is 17.6 Å². The predicted octanol–water partition coefficient (Wildman–Crippen LogP) is 4.42. The summed E-state index contributed by atoms with van der Waals surface area (Å²) in [6.07, 6.45) is 9.84. The topological polar surface area (TPSA) is 91.9 Å². The lowest BCUT2D eigenvalue weighted by molar-refractivity contribution is -0.161. The number of alkyl carbamates (subject to hydrolysis) is 1. The third-order valence-corrected chi connectivity index (χ3v) is 7.63. The molecule has 0 unspecified atom stereocenters. The molecule has 7 nitrogen and oxygen atoms in total. The number of nitrogens with one attached hydrogen (secondary N) is 3. The number of H-pyrrole nitrogens is 1. The number of anilines is 2. The third kappa shape index (κ3) is 3.15. The van der Waals surface area contributed by atoms with Crippen molar-refractivity contribution in [2.75, 3.05) is 5.32 Å². The second-order valence-corrected chi connectivity index (χ2v) is 10.4. The molecule has 30 heavy (non-hydrogen) atoms. The molecular formula is C23H29N5O2. The predicted molar refractivity (Wildman–Crippen MR) is 113 cm³/mol. The van der Waals surface area contributed by atoms with Gasteiger partial charge in [-0.1, -0.05) is 6.92 Å². The first-order valence-corrected chi connectivity index (χ1v) is 11.2. The van der Waals surface area contributed by atoms with Crippen LogP contribution in [0.1, 0.15) is 69.2 Å². The molecule has 8 bridgehead atoms. The summed E-state index contributed by atoms with van der Waals surface area (Å²) in [4.78, 5) is 17.1. The highest BCUT2D eigenvalue weighted by Crippen LogP contribution is 2.69. The highest BCUT2D eigenvalue weighted by molar-refractivity contribution is 5.69. The molecule has 0 saturated heterocycles. The summed E-state index contributed by atoms with van der Waals surface area (Å²) in [7, 11) is 0. The molecule has 4 aliphatic carbocycles. The molecule has 9 rings (SSSR count). The van der Waals surface area contributed by atoms with Crippen LogP contribution in [-0.2, 0) is 11.2 Å². The molecule has 1 amide bonds. The zero-order chi connectivity index (χ0) is 20.3. The number of hydrogen-bond donors (Lipinski definition) is 3. The number of rotatable bonds is 0. The Hall–Kier alpha value is -2.57. The molecule has 0 spiro atoms. The van der Waals surface area contributed by atoms with Crippen molar-refractivity contribution in [1.29, 1.82) is 0 Å². The van der Waals surface area contributed by atoms with E-state index in [-0.39, 0.29) is 17.7 Å². The number of carbonyl (C=O) groups is 1. The van der Waals surface area contributed by atoms with Crippen LogP contribution >= 0.6 is 0 Å². The number of ether oxygens (including phenoxy) is 1. The molecule has 4 saturated carbocycles. The monoisotopic (exact) mass is 407 g/mol.